The second kappa shape index (κ2) is 6.23. The lowest BCUT2D eigenvalue weighted by molar-refractivity contribution is -0.136. The van der Waals surface area contributed by atoms with Crippen LogP contribution in [0.4, 0.5) is 4.39 Å². The van der Waals surface area contributed by atoms with Gasteiger partial charge >= 0.3 is 5.97 Å². The summed E-state index contributed by atoms with van der Waals surface area (Å²) in [6.07, 6.45) is 0. The minimum Gasteiger partial charge on any atom is -0.464 e. The van der Waals surface area contributed by atoms with Gasteiger partial charge in [-0.05, 0) is 43.3 Å². The van der Waals surface area contributed by atoms with E-state index in [1.54, 1.807) is 19.1 Å². The molecule has 0 saturated carbocycles. The molecule has 7 heteroatoms. The van der Waals surface area contributed by atoms with Crippen LogP contribution in [0.25, 0.3) is 0 Å². The van der Waals surface area contributed by atoms with E-state index in [1.807, 2.05) is 0 Å². The number of benzene rings is 1. The molecule has 0 amide bonds. The molecular formula is C15H15FN2O3S. The van der Waals surface area contributed by atoms with Gasteiger partial charge in [0.25, 0.3) is 0 Å². The van der Waals surface area contributed by atoms with Crippen molar-refractivity contribution < 1.29 is 18.7 Å². The van der Waals surface area contributed by atoms with Crippen LogP contribution in [0.5, 0.6) is 0 Å². The summed E-state index contributed by atoms with van der Waals surface area (Å²) in [6, 6.07) is 3.83. The molecule has 1 atom stereocenters. The lowest BCUT2D eigenvalue weighted by Gasteiger charge is -2.30. The topological polar surface area (TPSA) is 67.4 Å². The number of carbonyl (C=O) groups excluding carboxylic acids is 2. The van der Waals surface area contributed by atoms with Gasteiger partial charge in [-0.15, -0.1) is 0 Å². The lowest BCUT2D eigenvalue weighted by Crippen LogP contribution is -2.47. The highest BCUT2D eigenvalue weighted by Gasteiger charge is 2.33. The van der Waals surface area contributed by atoms with E-state index in [-0.39, 0.29) is 28.0 Å². The van der Waals surface area contributed by atoms with Crippen molar-refractivity contribution >= 4 is 29.1 Å². The van der Waals surface area contributed by atoms with Crippen molar-refractivity contribution in [3.8, 4) is 0 Å². The van der Waals surface area contributed by atoms with Crippen molar-refractivity contribution in [3.63, 3.8) is 0 Å². The molecule has 2 N–H and O–H groups in total. The van der Waals surface area contributed by atoms with Crippen LogP contribution in [0.2, 0.25) is 0 Å². The minimum absolute atomic E-state index is 0.00530. The summed E-state index contributed by atoms with van der Waals surface area (Å²) in [5.74, 6) is -1.34. The number of nitrogens with one attached hydrogen (secondary N) is 2. The van der Waals surface area contributed by atoms with Crippen LogP contribution in [-0.2, 0) is 14.3 Å². The van der Waals surface area contributed by atoms with Gasteiger partial charge in [0.1, 0.15) is 11.5 Å². The van der Waals surface area contributed by atoms with Gasteiger partial charge in [0, 0.05) is 0 Å². The Morgan fingerprint density at radius 1 is 1.36 bits per heavy atom. The van der Waals surface area contributed by atoms with Crippen molar-refractivity contribution in [2.45, 2.75) is 19.9 Å². The van der Waals surface area contributed by atoms with Crippen LogP contribution in [0.15, 0.2) is 29.5 Å². The fourth-order valence-electron chi connectivity index (χ4n) is 2.30. The summed E-state index contributed by atoms with van der Waals surface area (Å²) in [7, 11) is 1.22. The Labute approximate surface area is 132 Å². The summed E-state index contributed by atoms with van der Waals surface area (Å²) in [4.78, 5) is 23.9. The van der Waals surface area contributed by atoms with E-state index in [0.29, 0.717) is 11.1 Å². The molecule has 0 saturated heterocycles. The van der Waals surface area contributed by atoms with Crippen LogP contribution in [0, 0.1) is 12.7 Å². The first-order valence-corrected chi connectivity index (χ1v) is 6.93. The number of halogens is 1. The first kappa shape index (κ1) is 16.1. The van der Waals surface area contributed by atoms with Gasteiger partial charge in [-0.3, -0.25) is 4.79 Å². The second-order valence-electron chi connectivity index (χ2n) is 4.88. The first-order valence-electron chi connectivity index (χ1n) is 6.52. The Morgan fingerprint density at radius 3 is 2.59 bits per heavy atom. The molecule has 0 unspecified atom stereocenters. The summed E-state index contributed by atoms with van der Waals surface area (Å²) in [6.45, 7) is 2.97. The third kappa shape index (κ3) is 2.99. The maximum atomic E-state index is 13.4. The smallest absolute Gasteiger partial charge is 0.355 e. The monoisotopic (exact) mass is 322 g/mol. The molecule has 116 valence electrons. The van der Waals surface area contributed by atoms with Crippen LogP contribution in [-0.4, -0.2) is 24.0 Å². The zero-order valence-electron chi connectivity index (χ0n) is 12.3. The highest BCUT2D eigenvalue weighted by molar-refractivity contribution is 7.80. The first-order chi connectivity index (χ1) is 10.3. The van der Waals surface area contributed by atoms with Gasteiger partial charge in [-0.25, -0.2) is 9.18 Å². The Morgan fingerprint density at radius 2 is 2.05 bits per heavy atom. The van der Waals surface area contributed by atoms with E-state index >= 15 is 0 Å². The number of hydrogen-bond acceptors (Lipinski definition) is 4. The van der Waals surface area contributed by atoms with Crippen LogP contribution >= 0.6 is 12.2 Å². The Hall–Kier alpha value is -2.28. The highest BCUT2D eigenvalue weighted by atomic mass is 32.1. The van der Waals surface area contributed by atoms with Gasteiger partial charge in [-0.2, -0.15) is 0 Å². The van der Waals surface area contributed by atoms with Crippen LogP contribution < -0.4 is 10.6 Å². The zero-order valence-corrected chi connectivity index (χ0v) is 13.1. The lowest BCUT2D eigenvalue weighted by atomic mass is 9.92. The molecule has 2 rings (SSSR count). The fraction of sp³-hybridized carbons (Fsp3) is 0.267. The van der Waals surface area contributed by atoms with Gasteiger partial charge in [0.2, 0.25) is 0 Å². The molecule has 1 aliphatic heterocycles. The van der Waals surface area contributed by atoms with Crippen molar-refractivity contribution in [3.05, 3.63) is 46.4 Å². The summed E-state index contributed by atoms with van der Waals surface area (Å²) in [5, 5.41) is 5.78. The van der Waals surface area contributed by atoms with E-state index < -0.39 is 12.0 Å². The summed E-state index contributed by atoms with van der Waals surface area (Å²) in [5.41, 5.74) is 1.28. The molecule has 1 aliphatic rings. The number of thiocarbonyl (C=S) groups is 1. The molecule has 0 spiro atoms. The molecule has 0 radical (unpaired) electrons. The van der Waals surface area contributed by atoms with E-state index in [9.17, 15) is 14.0 Å². The molecule has 0 aliphatic carbocycles. The number of aryl methyl sites for hydroxylation is 1. The van der Waals surface area contributed by atoms with Crippen LogP contribution in [0.1, 0.15) is 24.1 Å². The van der Waals surface area contributed by atoms with E-state index in [4.69, 9.17) is 12.2 Å². The largest absolute Gasteiger partial charge is 0.464 e. The molecule has 0 aromatic heterocycles. The molecule has 1 heterocycles. The number of rotatable bonds is 3. The molecular weight excluding hydrogens is 307 g/mol. The number of esters is 1. The van der Waals surface area contributed by atoms with E-state index in [2.05, 4.69) is 15.4 Å². The predicted octanol–water partition coefficient (Wildman–Crippen LogP) is 1.67. The van der Waals surface area contributed by atoms with Crippen molar-refractivity contribution in [2.75, 3.05) is 7.11 Å². The number of ketones is 1. The number of Topliss-reactive ketones (excluding diaryl/α,β-unsaturated/α-hetero) is 1. The quantitative estimate of drug-likeness (QED) is 0.652. The van der Waals surface area contributed by atoms with E-state index in [1.165, 1.54) is 20.1 Å². The van der Waals surface area contributed by atoms with Crippen molar-refractivity contribution in [1.82, 2.24) is 10.6 Å². The second-order valence-corrected chi connectivity index (χ2v) is 5.28. The molecule has 1 aromatic rings. The molecule has 0 fully saturated rings. The summed E-state index contributed by atoms with van der Waals surface area (Å²) >= 11 is 5.08. The standard InChI is InChI=1S/C15H15FN2O3S/c1-7-6-9(4-5-10(7)16)12-11(8(2)19)13(14(20)21-3)18-15(22)17-12/h4-6,12H,1-3H3,(H2,17,18,22)/t12-/m0/s1. The third-order valence-electron chi connectivity index (χ3n) is 3.36. The third-order valence-corrected chi connectivity index (χ3v) is 3.58. The average molecular weight is 322 g/mol. The number of hydrogen-bond donors (Lipinski definition) is 2. The van der Waals surface area contributed by atoms with Crippen LogP contribution in [0.3, 0.4) is 0 Å². The van der Waals surface area contributed by atoms with Gasteiger partial charge in [0.05, 0.1) is 18.7 Å². The zero-order chi connectivity index (χ0) is 16.4. The Bertz CT molecular complexity index is 700. The number of methoxy groups -OCH3 is 1. The number of ether oxygens (including phenoxy) is 1. The minimum atomic E-state index is -0.683. The molecule has 0 bridgehead atoms. The average Bonchev–Trinajstić information content (AvgIpc) is 2.47. The highest BCUT2D eigenvalue weighted by Crippen LogP contribution is 2.28. The molecule has 22 heavy (non-hydrogen) atoms. The molecule has 5 nitrogen and oxygen atoms in total. The van der Waals surface area contributed by atoms with Crippen molar-refractivity contribution in [1.29, 1.82) is 0 Å². The van der Waals surface area contributed by atoms with Gasteiger partial charge < -0.3 is 15.4 Å². The summed E-state index contributed by atoms with van der Waals surface area (Å²) < 4.78 is 18.1. The van der Waals surface area contributed by atoms with Gasteiger partial charge in [0.15, 0.2) is 10.9 Å². The number of carbonyl (C=O) groups is 2. The molecule has 1 aromatic carbocycles. The van der Waals surface area contributed by atoms with E-state index in [0.717, 1.165) is 0 Å². The maximum absolute atomic E-state index is 13.4. The SMILES string of the molecule is COC(=O)C1=C(C(C)=O)[C@H](c2ccc(F)c(C)c2)NC(=S)N1. The van der Waals surface area contributed by atoms with Crippen molar-refractivity contribution in [2.24, 2.45) is 0 Å². The normalized spacial score (nSPS) is 17.6. The fourth-order valence-corrected chi connectivity index (χ4v) is 2.52. The maximum Gasteiger partial charge on any atom is 0.355 e. The predicted molar refractivity (Wildman–Crippen MR) is 82.5 cm³/mol. The Kier molecular flexibility index (Phi) is 4.56. The van der Waals surface area contributed by atoms with Gasteiger partial charge in [-0.1, -0.05) is 12.1 Å². The Balaban J connectivity index is 2.60.